The molecule has 2 atom stereocenters. The molecule has 0 spiro atoms. The van der Waals surface area contributed by atoms with Gasteiger partial charge in [0.2, 0.25) is 5.91 Å². The molecule has 7 N–H and O–H groups in total. The Morgan fingerprint density at radius 3 is 1.59 bits per heavy atom. The third-order valence-corrected chi connectivity index (χ3v) is 5.73. The minimum Gasteiger partial charge on any atom is -0.366 e. The van der Waals surface area contributed by atoms with Crippen LogP contribution in [0.3, 0.4) is 0 Å². The number of carbonyl (C=O) groups is 4. The lowest BCUT2D eigenvalue weighted by Crippen LogP contribution is -2.48. The van der Waals surface area contributed by atoms with E-state index in [9.17, 15) is 19.2 Å². The first-order chi connectivity index (χ1) is 17.1. The van der Waals surface area contributed by atoms with Crippen molar-refractivity contribution in [2.75, 3.05) is 0 Å². The van der Waals surface area contributed by atoms with Gasteiger partial charge in [0.05, 0.1) is 0 Å². The summed E-state index contributed by atoms with van der Waals surface area (Å²) < 4.78 is 0. The third-order valence-electron chi connectivity index (χ3n) is 5.73. The molecule has 0 radical (unpaired) electrons. The molecule has 2 aromatic carbocycles. The highest BCUT2D eigenvalue weighted by Crippen LogP contribution is 2.16. The maximum absolute atomic E-state index is 12.9. The summed E-state index contributed by atoms with van der Waals surface area (Å²) in [5, 5.41) is 8.83. The van der Waals surface area contributed by atoms with E-state index in [1.165, 1.54) is 6.07 Å². The van der Waals surface area contributed by atoms with Gasteiger partial charge in [0.25, 0.3) is 17.7 Å². The first-order valence-corrected chi connectivity index (χ1v) is 12.3. The van der Waals surface area contributed by atoms with Crippen molar-refractivity contribution in [1.29, 1.82) is 0 Å². The number of nitrogens with one attached hydrogen (secondary N) is 3. The van der Waals surface area contributed by atoms with Crippen LogP contribution >= 0.6 is 0 Å². The van der Waals surface area contributed by atoms with E-state index in [2.05, 4.69) is 16.0 Å². The van der Waals surface area contributed by atoms with Crippen LogP contribution in [-0.4, -0.2) is 46.8 Å². The van der Waals surface area contributed by atoms with Crippen molar-refractivity contribution in [1.82, 2.24) is 16.0 Å². The topological polar surface area (TPSA) is 156 Å². The van der Waals surface area contributed by atoms with Crippen molar-refractivity contribution < 1.29 is 19.2 Å². The second-order valence-corrected chi connectivity index (χ2v) is 11.0. The molecule has 37 heavy (non-hydrogen) atoms. The lowest BCUT2D eigenvalue weighted by Gasteiger charge is -2.30. The third kappa shape index (κ3) is 9.34. The van der Waals surface area contributed by atoms with Crippen molar-refractivity contribution in [3.63, 3.8) is 0 Å². The molecule has 9 heteroatoms. The molecule has 4 amide bonds. The smallest absolute Gasteiger partial charge is 0.251 e. The Hall–Kier alpha value is -3.72. The zero-order chi connectivity index (χ0) is 28.0. The second kappa shape index (κ2) is 12.0. The van der Waals surface area contributed by atoms with Gasteiger partial charge >= 0.3 is 0 Å². The Bertz CT molecular complexity index is 1160. The van der Waals surface area contributed by atoms with Gasteiger partial charge in [-0.05, 0) is 90.8 Å². The van der Waals surface area contributed by atoms with Crippen molar-refractivity contribution in [2.45, 2.75) is 77.5 Å². The first-order valence-electron chi connectivity index (χ1n) is 12.3. The van der Waals surface area contributed by atoms with E-state index in [4.69, 9.17) is 11.5 Å². The second-order valence-electron chi connectivity index (χ2n) is 11.0. The molecule has 0 saturated heterocycles. The van der Waals surface area contributed by atoms with Gasteiger partial charge in [-0.15, -0.1) is 0 Å². The van der Waals surface area contributed by atoms with Crippen LogP contribution in [-0.2, 0) is 0 Å². The largest absolute Gasteiger partial charge is 0.366 e. The van der Waals surface area contributed by atoms with Gasteiger partial charge in [0.15, 0.2) is 0 Å². The van der Waals surface area contributed by atoms with E-state index < -0.39 is 17.0 Å². The molecular formula is C28H39N5O4. The van der Waals surface area contributed by atoms with Crippen LogP contribution in [0.2, 0.25) is 0 Å². The van der Waals surface area contributed by atoms with Crippen LogP contribution < -0.4 is 27.4 Å². The number of hydrogen-bond donors (Lipinski definition) is 5. The monoisotopic (exact) mass is 509 g/mol. The van der Waals surface area contributed by atoms with E-state index in [1.54, 1.807) is 42.5 Å². The average Bonchev–Trinajstić information content (AvgIpc) is 2.77. The molecule has 2 unspecified atom stereocenters. The molecule has 0 aliphatic carbocycles. The Balaban J connectivity index is 2.01. The molecule has 0 aliphatic rings. The van der Waals surface area contributed by atoms with Crippen LogP contribution in [0.25, 0.3) is 0 Å². The summed E-state index contributed by atoms with van der Waals surface area (Å²) in [5.74, 6) is -1.57. The molecule has 2 rings (SSSR count). The Kier molecular flexibility index (Phi) is 9.58. The van der Waals surface area contributed by atoms with Gasteiger partial charge in [0.1, 0.15) is 0 Å². The van der Waals surface area contributed by atoms with Crippen molar-refractivity contribution >= 4 is 23.6 Å². The standard InChI is InChI=1S/C28H39N5O4/c1-17(29)15-27(3,4)32-26(37)22-12-8-10-20(14-22)24(35)31-18(2)16-28(5,6)33-25(36)21-11-7-9-19(13-21)23(30)34/h7-14,17-18H,15-16,29H2,1-6H3,(H2,30,34)(H,31,35)(H,32,37)(H,33,36). The van der Waals surface area contributed by atoms with E-state index in [-0.39, 0.29) is 35.4 Å². The Morgan fingerprint density at radius 2 is 1.14 bits per heavy atom. The fourth-order valence-corrected chi connectivity index (χ4v) is 4.41. The molecule has 0 fully saturated rings. The maximum Gasteiger partial charge on any atom is 0.251 e. The molecule has 0 saturated carbocycles. The highest BCUT2D eigenvalue weighted by Gasteiger charge is 2.26. The summed E-state index contributed by atoms with van der Waals surface area (Å²) in [7, 11) is 0. The van der Waals surface area contributed by atoms with Gasteiger partial charge in [-0.2, -0.15) is 0 Å². The van der Waals surface area contributed by atoms with Crippen molar-refractivity contribution in [2.24, 2.45) is 11.5 Å². The first kappa shape index (κ1) is 29.5. The fourth-order valence-electron chi connectivity index (χ4n) is 4.41. The summed E-state index contributed by atoms with van der Waals surface area (Å²) in [6, 6.07) is 12.3. The number of primary amides is 1. The Labute approximate surface area is 218 Å². The molecule has 0 aliphatic heterocycles. The Morgan fingerprint density at radius 1 is 0.730 bits per heavy atom. The van der Waals surface area contributed by atoms with E-state index in [0.29, 0.717) is 29.5 Å². The molecule has 9 nitrogen and oxygen atoms in total. The number of hydrogen-bond acceptors (Lipinski definition) is 5. The molecule has 200 valence electrons. The van der Waals surface area contributed by atoms with E-state index in [0.717, 1.165) is 0 Å². The van der Waals surface area contributed by atoms with Crippen LogP contribution in [0.4, 0.5) is 0 Å². The zero-order valence-corrected chi connectivity index (χ0v) is 22.5. The minimum absolute atomic E-state index is 0.0664. The van der Waals surface area contributed by atoms with Crippen LogP contribution in [0.15, 0.2) is 48.5 Å². The highest BCUT2D eigenvalue weighted by atomic mass is 16.2. The quantitative estimate of drug-likeness (QED) is 0.315. The zero-order valence-electron chi connectivity index (χ0n) is 22.5. The van der Waals surface area contributed by atoms with Crippen LogP contribution in [0.1, 0.15) is 95.8 Å². The number of amides is 4. The maximum atomic E-state index is 12.9. The number of carbonyl (C=O) groups excluding carboxylic acids is 4. The summed E-state index contributed by atoms with van der Waals surface area (Å²) in [4.78, 5) is 49.8. The summed E-state index contributed by atoms with van der Waals surface area (Å²) >= 11 is 0. The van der Waals surface area contributed by atoms with Gasteiger partial charge in [0, 0.05) is 45.4 Å². The average molecular weight is 510 g/mol. The number of benzene rings is 2. The van der Waals surface area contributed by atoms with Gasteiger partial charge in [-0.3, -0.25) is 19.2 Å². The molecular weight excluding hydrogens is 470 g/mol. The van der Waals surface area contributed by atoms with Crippen LogP contribution in [0, 0.1) is 0 Å². The summed E-state index contributed by atoms with van der Waals surface area (Å²) in [6.45, 7) is 11.2. The minimum atomic E-state index is -0.667. The fraction of sp³-hybridized carbons (Fsp3) is 0.429. The summed E-state index contributed by atoms with van der Waals surface area (Å²) in [5.41, 5.74) is 11.3. The number of rotatable bonds is 11. The van der Waals surface area contributed by atoms with E-state index in [1.807, 2.05) is 41.5 Å². The highest BCUT2D eigenvalue weighted by molar-refractivity contribution is 6.00. The van der Waals surface area contributed by atoms with Crippen molar-refractivity contribution in [3.05, 3.63) is 70.8 Å². The predicted octanol–water partition coefficient (Wildman–Crippen LogP) is 2.75. The van der Waals surface area contributed by atoms with E-state index >= 15 is 0 Å². The molecule has 0 bridgehead atoms. The van der Waals surface area contributed by atoms with Gasteiger partial charge in [-0.1, -0.05) is 12.1 Å². The predicted molar refractivity (Wildman–Crippen MR) is 144 cm³/mol. The van der Waals surface area contributed by atoms with Crippen molar-refractivity contribution in [3.8, 4) is 0 Å². The number of nitrogens with two attached hydrogens (primary N) is 2. The lowest BCUT2D eigenvalue weighted by atomic mass is 9.94. The van der Waals surface area contributed by atoms with Crippen LogP contribution in [0.5, 0.6) is 0 Å². The lowest BCUT2D eigenvalue weighted by molar-refractivity contribution is 0.0891. The van der Waals surface area contributed by atoms with Gasteiger partial charge in [-0.25, -0.2) is 0 Å². The summed E-state index contributed by atoms with van der Waals surface area (Å²) in [6.07, 6.45) is 1.05. The van der Waals surface area contributed by atoms with Gasteiger partial charge < -0.3 is 27.4 Å². The molecule has 0 aromatic heterocycles. The molecule has 0 heterocycles. The SMILES string of the molecule is CC(N)CC(C)(C)NC(=O)c1cccc(C(=O)NC(C)CC(C)(C)NC(=O)c2cccc(C(N)=O)c2)c1. The normalized spacial score (nSPS) is 13.3. The molecule has 2 aromatic rings.